The van der Waals surface area contributed by atoms with Gasteiger partial charge >= 0.3 is 0 Å². The van der Waals surface area contributed by atoms with Crippen molar-refractivity contribution in [1.82, 2.24) is 19.8 Å². The number of nitrogens with zero attached hydrogens (tertiary/aromatic N) is 4. The number of aryl methyl sites for hydroxylation is 1. The number of amides is 1. The van der Waals surface area contributed by atoms with Gasteiger partial charge in [0.25, 0.3) is 0 Å². The Morgan fingerprint density at radius 2 is 1.85 bits per heavy atom. The van der Waals surface area contributed by atoms with Crippen molar-refractivity contribution in [3.63, 3.8) is 0 Å². The molecule has 0 bridgehead atoms. The molecule has 8 heteroatoms. The molecule has 2 atom stereocenters. The minimum absolute atomic E-state index is 0.154. The summed E-state index contributed by atoms with van der Waals surface area (Å²) in [5.41, 5.74) is 4.52. The van der Waals surface area contributed by atoms with Crippen LogP contribution in [0.2, 0.25) is 0 Å². The molecule has 4 rings (SSSR count). The molecule has 1 fully saturated rings. The predicted octanol–water partition coefficient (Wildman–Crippen LogP) is 2.76. The first-order valence-electron chi connectivity index (χ1n) is 9.45. The molecule has 3 heterocycles. The molecule has 0 aliphatic carbocycles. The topological polar surface area (TPSA) is 72.3 Å². The van der Waals surface area contributed by atoms with Crippen LogP contribution in [0.5, 0.6) is 5.75 Å². The van der Waals surface area contributed by atoms with Gasteiger partial charge in [-0.15, -0.1) is 10.2 Å². The van der Waals surface area contributed by atoms with E-state index in [9.17, 15) is 4.79 Å². The average molecular weight is 388 g/mol. The number of ether oxygens (including phenoxy) is 1. The second-order valence-corrected chi connectivity index (χ2v) is 8.13. The van der Waals surface area contributed by atoms with Gasteiger partial charge < -0.3 is 15.1 Å². The summed E-state index contributed by atoms with van der Waals surface area (Å²) in [5, 5.41) is 8.86. The van der Waals surface area contributed by atoms with Crippen molar-refractivity contribution in [2.45, 2.75) is 49.1 Å². The van der Waals surface area contributed by atoms with E-state index in [1.807, 2.05) is 40.8 Å². The minimum Gasteiger partial charge on any atom is -0.497 e. The van der Waals surface area contributed by atoms with E-state index >= 15 is 0 Å². The number of rotatable bonds is 3. The molecule has 27 heavy (non-hydrogen) atoms. The van der Waals surface area contributed by atoms with E-state index in [1.165, 1.54) is 24.6 Å². The lowest BCUT2D eigenvalue weighted by atomic mass is 10.0. The summed E-state index contributed by atoms with van der Waals surface area (Å²) in [4.78, 5) is 15.4. The molecular formula is C19H25N5O2S. The number of fused-ring (bicyclic) bond motifs is 1. The average Bonchev–Trinajstić information content (AvgIpc) is 2.90. The largest absolute Gasteiger partial charge is 0.497 e. The molecule has 144 valence electrons. The molecular weight excluding hydrogens is 362 g/mol. The van der Waals surface area contributed by atoms with Gasteiger partial charge in [0.1, 0.15) is 16.8 Å². The summed E-state index contributed by atoms with van der Waals surface area (Å²) in [6, 6.07) is 7.75. The number of hydrogen-bond donors (Lipinski definition) is 1. The number of thioether (sulfide) groups is 1. The Morgan fingerprint density at radius 1 is 1.15 bits per heavy atom. The maximum Gasteiger partial charge on any atom is 0.238 e. The van der Waals surface area contributed by atoms with Gasteiger partial charge in [-0.3, -0.25) is 4.79 Å². The fourth-order valence-corrected chi connectivity index (χ4v) is 4.89. The number of carbonyl (C=O) groups is 1. The first-order chi connectivity index (χ1) is 13.2. The third kappa shape index (κ3) is 3.63. The van der Waals surface area contributed by atoms with E-state index in [1.54, 1.807) is 7.11 Å². The number of methoxy groups -OCH3 is 1. The molecule has 7 nitrogen and oxygen atoms in total. The van der Waals surface area contributed by atoms with Crippen LogP contribution in [0.25, 0.3) is 0 Å². The van der Waals surface area contributed by atoms with Crippen LogP contribution in [0.3, 0.4) is 0 Å². The van der Waals surface area contributed by atoms with Crippen LogP contribution >= 0.6 is 11.8 Å². The van der Waals surface area contributed by atoms with E-state index < -0.39 is 0 Å². The Balaban J connectivity index is 1.65. The van der Waals surface area contributed by atoms with Gasteiger partial charge in [0, 0.05) is 13.1 Å². The molecule has 0 spiro atoms. The summed E-state index contributed by atoms with van der Waals surface area (Å²) in [6.45, 7) is 3.60. The van der Waals surface area contributed by atoms with Crippen molar-refractivity contribution >= 4 is 17.7 Å². The Labute approximate surface area is 163 Å². The van der Waals surface area contributed by atoms with E-state index in [4.69, 9.17) is 4.74 Å². The van der Waals surface area contributed by atoms with Crippen molar-refractivity contribution < 1.29 is 9.53 Å². The molecule has 2 aliphatic rings. The van der Waals surface area contributed by atoms with Crippen LogP contribution in [0.4, 0.5) is 0 Å². The van der Waals surface area contributed by atoms with E-state index in [-0.39, 0.29) is 17.2 Å². The highest BCUT2D eigenvalue weighted by Crippen LogP contribution is 2.38. The lowest BCUT2D eigenvalue weighted by Gasteiger charge is -2.35. The maximum atomic E-state index is 13.4. The van der Waals surface area contributed by atoms with Crippen LogP contribution in [-0.2, 0) is 4.79 Å². The van der Waals surface area contributed by atoms with Crippen molar-refractivity contribution in [2.75, 3.05) is 25.6 Å². The van der Waals surface area contributed by atoms with E-state index in [0.29, 0.717) is 0 Å². The highest BCUT2D eigenvalue weighted by molar-refractivity contribution is 8.00. The standard InChI is InChI=1S/C19H25N5O2S/c1-13-20-21-19-24(13)22-16(14-7-9-15(26-2)10-8-14)17(27-19)18(25)23-11-5-3-4-6-12-23/h7-10,16-17,22H,3-6,11-12H2,1-2H3. The van der Waals surface area contributed by atoms with Crippen LogP contribution in [0, 0.1) is 6.92 Å². The molecule has 1 saturated heterocycles. The zero-order chi connectivity index (χ0) is 18.8. The maximum absolute atomic E-state index is 13.4. The molecule has 1 N–H and O–H groups in total. The monoisotopic (exact) mass is 387 g/mol. The van der Waals surface area contributed by atoms with Crippen LogP contribution in [0.15, 0.2) is 29.4 Å². The molecule has 0 saturated carbocycles. The van der Waals surface area contributed by atoms with Crippen molar-refractivity contribution in [1.29, 1.82) is 0 Å². The number of likely N-dealkylation sites (tertiary alicyclic amines) is 1. The van der Waals surface area contributed by atoms with Crippen molar-refractivity contribution in [2.24, 2.45) is 0 Å². The molecule has 1 aromatic carbocycles. The second kappa shape index (κ2) is 7.80. The quantitative estimate of drug-likeness (QED) is 0.873. The second-order valence-electron chi connectivity index (χ2n) is 7.02. The molecule has 1 amide bonds. The third-order valence-electron chi connectivity index (χ3n) is 5.23. The van der Waals surface area contributed by atoms with Crippen molar-refractivity contribution in [3.8, 4) is 5.75 Å². The van der Waals surface area contributed by atoms with Crippen LogP contribution in [-0.4, -0.2) is 51.1 Å². The first-order valence-corrected chi connectivity index (χ1v) is 10.3. The molecule has 0 radical (unpaired) electrons. The zero-order valence-corrected chi connectivity index (χ0v) is 16.5. The van der Waals surface area contributed by atoms with Crippen LogP contribution in [0.1, 0.15) is 43.1 Å². The fraction of sp³-hybridized carbons (Fsp3) is 0.526. The minimum atomic E-state index is -0.271. The molecule has 2 aromatic rings. The molecule has 2 aliphatic heterocycles. The lowest BCUT2D eigenvalue weighted by molar-refractivity contribution is -0.131. The van der Waals surface area contributed by atoms with E-state index in [2.05, 4.69) is 15.6 Å². The number of benzene rings is 1. The number of aromatic nitrogens is 3. The lowest BCUT2D eigenvalue weighted by Crippen LogP contribution is -2.46. The van der Waals surface area contributed by atoms with Gasteiger partial charge in [-0.05, 0) is 37.5 Å². The molecule has 1 aromatic heterocycles. The van der Waals surface area contributed by atoms with Gasteiger partial charge in [0.2, 0.25) is 11.1 Å². The normalized spacial score (nSPS) is 22.5. The zero-order valence-electron chi connectivity index (χ0n) is 15.7. The Morgan fingerprint density at radius 3 is 2.52 bits per heavy atom. The number of nitrogens with one attached hydrogen (secondary N) is 1. The van der Waals surface area contributed by atoms with Gasteiger partial charge in [-0.1, -0.05) is 36.7 Å². The van der Waals surface area contributed by atoms with Gasteiger partial charge in [0.05, 0.1) is 13.2 Å². The Kier molecular flexibility index (Phi) is 5.24. The number of carbonyl (C=O) groups excluding carboxylic acids is 1. The highest BCUT2D eigenvalue weighted by atomic mass is 32.2. The summed E-state index contributed by atoms with van der Waals surface area (Å²) in [6.07, 6.45) is 4.57. The summed E-state index contributed by atoms with van der Waals surface area (Å²) < 4.78 is 7.16. The summed E-state index contributed by atoms with van der Waals surface area (Å²) in [7, 11) is 1.65. The predicted molar refractivity (Wildman–Crippen MR) is 105 cm³/mol. The first kappa shape index (κ1) is 18.2. The van der Waals surface area contributed by atoms with Gasteiger partial charge in [-0.2, -0.15) is 0 Å². The highest BCUT2D eigenvalue weighted by Gasteiger charge is 2.39. The van der Waals surface area contributed by atoms with Crippen LogP contribution < -0.4 is 10.2 Å². The number of hydrogen-bond acceptors (Lipinski definition) is 6. The Bertz CT molecular complexity index is 799. The molecule has 2 unspecified atom stereocenters. The summed E-state index contributed by atoms with van der Waals surface area (Å²) >= 11 is 1.50. The van der Waals surface area contributed by atoms with Gasteiger partial charge in [0.15, 0.2) is 0 Å². The Hall–Kier alpha value is -2.22. The fourth-order valence-electron chi connectivity index (χ4n) is 3.68. The SMILES string of the molecule is COc1ccc(C2Nn3c(C)nnc3SC2C(=O)N2CCCCCC2)cc1. The smallest absolute Gasteiger partial charge is 0.238 e. The van der Waals surface area contributed by atoms with Crippen molar-refractivity contribution in [3.05, 3.63) is 35.7 Å². The summed E-state index contributed by atoms with van der Waals surface area (Å²) in [5.74, 6) is 1.78. The van der Waals surface area contributed by atoms with Gasteiger partial charge in [-0.25, -0.2) is 4.68 Å². The van der Waals surface area contributed by atoms with E-state index in [0.717, 1.165) is 48.2 Å². The third-order valence-corrected chi connectivity index (χ3v) is 6.44.